The van der Waals surface area contributed by atoms with E-state index in [1.165, 1.54) is 23.5 Å². The zero-order valence-corrected chi connectivity index (χ0v) is 14.6. The summed E-state index contributed by atoms with van der Waals surface area (Å²) in [4.78, 5) is 21.8. The molecule has 1 aromatic heterocycles. The molecule has 0 aliphatic carbocycles. The van der Waals surface area contributed by atoms with Crippen LogP contribution in [0.5, 0.6) is 0 Å². The molecule has 2 N–H and O–H groups in total. The Balaban J connectivity index is 1.47. The maximum atomic E-state index is 12.5. The number of alkyl halides is 3. The van der Waals surface area contributed by atoms with Crippen LogP contribution in [0, 0.1) is 0 Å². The zero-order valence-electron chi connectivity index (χ0n) is 13.8. The van der Waals surface area contributed by atoms with Crippen LogP contribution >= 0.6 is 11.3 Å². The number of amides is 2. The average Bonchev–Trinajstić information content (AvgIpc) is 3.10. The lowest BCUT2D eigenvalue weighted by atomic mass is 10.1. The van der Waals surface area contributed by atoms with Gasteiger partial charge in [-0.3, -0.25) is 10.2 Å². The van der Waals surface area contributed by atoms with Gasteiger partial charge in [-0.25, -0.2) is 15.3 Å². The number of rotatable bonds is 5. The molecule has 0 saturated heterocycles. The number of benzene rings is 2. The predicted octanol–water partition coefficient (Wildman–Crippen LogP) is 5.08. The van der Waals surface area contributed by atoms with Gasteiger partial charge in [-0.15, -0.1) is 0 Å². The molecule has 0 unspecified atom stereocenters. The lowest BCUT2D eigenvalue weighted by molar-refractivity contribution is -0.137. The summed E-state index contributed by atoms with van der Waals surface area (Å²) in [6.07, 6.45) is -2.73. The molecule has 140 valence electrons. The Morgan fingerprint density at radius 1 is 1.07 bits per heavy atom. The Labute approximate surface area is 156 Å². The largest absolute Gasteiger partial charge is 0.416 e. The first kappa shape index (κ1) is 18.9. The Bertz CT molecular complexity index is 896. The van der Waals surface area contributed by atoms with Crippen LogP contribution in [0.3, 0.4) is 0 Å². The fourth-order valence-corrected chi connectivity index (χ4v) is 2.98. The molecule has 0 atom stereocenters. The molecule has 0 bridgehead atoms. The number of hydrogen-bond acceptors (Lipinski definition) is 4. The predicted molar refractivity (Wildman–Crippen MR) is 95.9 cm³/mol. The van der Waals surface area contributed by atoms with E-state index in [4.69, 9.17) is 4.84 Å². The molecule has 3 aromatic rings. The summed E-state index contributed by atoms with van der Waals surface area (Å²) in [6.45, 7) is -0.0707. The van der Waals surface area contributed by atoms with E-state index in [1.54, 1.807) is 6.20 Å². The van der Waals surface area contributed by atoms with Crippen LogP contribution in [0.1, 0.15) is 11.1 Å². The molecule has 9 heteroatoms. The monoisotopic (exact) mass is 393 g/mol. The van der Waals surface area contributed by atoms with E-state index in [-0.39, 0.29) is 6.61 Å². The van der Waals surface area contributed by atoms with Gasteiger partial charge in [0.15, 0.2) is 5.13 Å². The van der Waals surface area contributed by atoms with Gasteiger partial charge in [0.25, 0.3) is 0 Å². The van der Waals surface area contributed by atoms with E-state index in [1.807, 2.05) is 30.3 Å². The number of carbonyl (C=O) groups excluding carboxylic acids is 1. The molecule has 0 radical (unpaired) electrons. The highest BCUT2D eigenvalue weighted by Gasteiger charge is 2.29. The van der Waals surface area contributed by atoms with E-state index >= 15 is 0 Å². The maximum absolute atomic E-state index is 12.5. The third kappa shape index (κ3) is 5.28. The summed E-state index contributed by atoms with van der Waals surface area (Å²) in [5, 5.41) is 2.92. The van der Waals surface area contributed by atoms with Gasteiger partial charge in [0, 0.05) is 6.20 Å². The molecule has 2 aromatic carbocycles. The fourth-order valence-electron chi connectivity index (χ4n) is 2.17. The lowest BCUT2D eigenvalue weighted by Crippen LogP contribution is -2.28. The van der Waals surface area contributed by atoms with Crippen LogP contribution in [0.2, 0.25) is 0 Å². The number of nitrogens with one attached hydrogen (secondary N) is 2. The van der Waals surface area contributed by atoms with Gasteiger partial charge >= 0.3 is 12.2 Å². The van der Waals surface area contributed by atoms with Gasteiger partial charge in [-0.2, -0.15) is 13.2 Å². The number of anilines is 1. The van der Waals surface area contributed by atoms with Gasteiger partial charge in [0.2, 0.25) is 0 Å². The normalized spacial score (nSPS) is 11.2. The summed E-state index contributed by atoms with van der Waals surface area (Å²) in [6, 6.07) is 13.5. The van der Waals surface area contributed by atoms with Crippen LogP contribution in [0.25, 0.3) is 10.4 Å². The smallest absolute Gasteiger partial charge is 0.282 e. The van der Waals surface area contributed by atoms with Crippen LogP contribution in [-0.4, -0.2) is 11.0 Å². The summed E-state index contributed by atoms with van der Waals surface area (Å²) in [5.41, 5.74) is 2.90. The van der Waals surface area contributed by atoms with Crippen molar-refractivity contribution < 1.29 is 22.8 Å². The number of hydrogen-bond donors (Lipinski definition) is 2. The Morgan fingerprint density at radius 2 is 1.78 bits per heavy atom. The van der Waals surface area contributed by atoms with Gasteiger partial charge < -0.3 is 0 Å². The first-order valence-electron chi connectivity index (χ1n) is 7.78. The van der Waals surface area contributed by atoms with Gasteiger partial charge in [0.05, 0.1) is 17.0 Å². The van der Waals surface area contributed by atoms with Crippen molar-refractivity contribution in [2.75, 3.05) is 5.32 Å². The summed E-state index contributed by atoms with van der Waals surface area (Å²) in [7, 11) is 0. The van der Waals surface area contributed by atoms with Gasteiger partial charge in [-0.05, 0) is 23.3 Å². The summed E-state index contributed by atoms with van der Waals surface area (Å²) >= 11 is 1.30. The topological polar surface area (TPSA) is 63.2 Å². The zero-order chi connectivity index (χ0) is 19.3. The minimum atomic E-state index is -4.39. The van der Waals surface area contributed by atoms with E-state index in [2.05, 4.69) is 15.8 Å². The van der Waals surface area contributed by atoms with Crippen LogP contribution in [-0.2, 0) is 17.6 Å². The molecule has 5 nitrogen and oxygen atoms in total. The minimum Gasteiger partial charge on any atom is -0.282 e. The molecule has 1 heterocycles. The second-order valence-corrected chi connectivity index (χ2v) is 6.47. The van der Waals surface area contributed by atoms with Crippen molar-refractivity contribution in [2.45, 2.75) is 12.8 Å². The maximum Gasteiger partial charge on any atom is 0.416 e. The van der Waals surface area contributed by atoms with E-state index < -0.39 is 17.8 Å². The molecule has 3 rings (SSSR count). The Kier molecular flexibility index (Phi) is 5.72. The summed E-state index contributed by atoms with van der Waals surface area (Å²) < 4.78 is 37.5. The Hall–Kier alpha value is -2.91. The SMILES string of the molecule is O=C(NOCc1ccc(C(F)(F)F)cc1)Nc1ncc(-c2ccccc2)s1. The lowest BCUT2D eigenvalue weighted by Gasteiger charge is -2.08. The van der Waals surface area contributed by atoms with Crippen molar-refractivity contribution in [3.63, 3.8) is 0 Å². The van der Waals surface area contributed by atoms with E-state index in [0.717, 1.165) is 22.6 Å². The molecular weight excluding hydrogens is 379 g/mol. The number of urea groups is 1. The standard InChI is InChI=1S/C18H14F3N3O2S/c19-18(20,21)14-8-6-12(7-9-14)11-26-24-16(25)23-17-22-10-15(27-17)13-4-2-1-3-5-13/h1-10H,11H2,(H2,22,23,24,25). The first-order chi connectivity index (χ1) is 12.9. The van der Waals surface area contributed by atoms with Gasteiger partial charge in [-0.1, -0.05) is 53.8 Å². The number of halogens is 3. The van der Waals surface area contributed by atoms with Crippen molar-refractivity contribution >= 4 is 22.5 Å². The van der Waals surface area contributed by atoms with Crippen molar-refractivity contribution in [2.24, 2.45) is 0 Å². The van der Waals surface area contributed by atoms with Crippen molar-refractivity contribution in [3.8, 4) is 10.4 Å². The number of carbonyl (C=O) groups is 1. The second kappa shape index (κ2) is 8.19. The molecule has 0 aliphatic heterocycles. The molecule has 0 saturated carbocycles. The van der Waals surface area contributed by atoms with Crippen molar-refractivity contribution in [1.82, 2.24) is 10.5 Å². The average molecular weight is 393 g/mol. The van der Waals surface area contributed by atoms with Crippen LogP contribution in [0.15, 0.2) is 60.8 Å². The third-order valence-electron chi connectivity index (χ3n) is 3.47. The number of hydroxylamine groups is 1. The highest BCUT2D eigenvalue weighted by Crippen LogP contribution is 2.29. The van der Waals surface area contributed by atoms with E-state index in [9.17, 15) is 18.0 Å². The van der Waals surface area contributed by atoms with E-state index in [0.29, 0.717) is 10.7 Å². The number of aromatic nitrogens is 1. The van der Waals surface area contributed by atoms with Crippen LogP contribution in [0.4, 0.5) is 23.1 Å². The molecular formula is C18H14F3N3O2S. The van der Waals surface area contributed by atoms with Crippen molar-refractivity contribution in [1.29, 1.82) is 0 Å². The minimum absolute atomic E-state index is 0.0707. The quantitative estimate of drug-likeness (QED) is 0.594. The van der Waals surface area contributed by atoms with Gasteiger partial charge in [0.1, 0.15) is 0 Å². The summed E-state index contributed by atoms with van der Waals surface area (Å²) in [5.74, 6) is 0. The molecule has 0 spiro atoms. The molecule has 2 amide bonds. The fraction of sp³-hybridized carbons (Fsp3) is 0.111. The Morgan fingerprint density at radius 3 is 2.44 bits per heavy atom. The first-order valence-corrected chi connectivity index (χ1v) is 8.59. The second-order valence-electron chi connectivity index (χ2n) is 5.44. The number of thiazole rings is 1. The highest BCUT2D eigenvalue weighted by molar-refractivity contribution is 7.19. The molecule has 27 heavy (non-hydrogen) atoms. The molecule has 0 fully saturated rings. The van der Waals surface area contributed by atoms with Crippen molar-refractivity contribution in [3.05, 3.63) is 71.9 Å². The third-order valence-corrected chi connectivity index (χ3v) is 4.43. The number of nitrogens with zero attached hydrogens (tertiary/aromatic N) is 1. The van der Waals surface area contributed by atoms with Crippen LogP contribution < -0.4 is 10.8 Å². The highest BCUT2D eigenvalue weighted by atomic mass is 32.1. The molecule has 0 aliphatic rings.